The van der Waals surface area contributed by atoms with Crippen LogP contribution in [0.1, 0.15) is 6.92 Å². The number of methoxy groups -OCH3 is 1. The summed E-state index contributed by atoms with van der Waals surface area (Å²) < 4.78 is 57.3. The van der Waals surface area contributed by atoms with E-state index in [9.17, 15) is 31.8 Å². The van der Waals surface area contributed by atoms with E-state index in [1.807, 2.05) is 0 Å². The minimum atomic E-state index is -4.43. The maximum atomic E-state index is 13.6. The van der Waals surface area contributed by atoms with Crippen LogP contribution < -0.4 is 14.4 Å². The fraction of sp³-hybridized carbons (Fsp3) is 0.316. The molecule has 1 fully saturated rings. The summed E-state index contributed by atoms with van der Waals surface area (Å²) >= 11 is 0. The number of rotatable bonds is 6. The molecule has 1 aliphatic rings. The molecule has 3 N–H and O–H groups in total. The number of hydrogen-bond acceptors (Lipinski definition) is 8. The number of benzene rings is 2. The predicted molar refractivity (Wildman–Crippen MR) is 114 cm³/mol. The number of phenols is 1. The van der Waals surface area contributed by atoms with Gasteiger partial charge in [0.15, 0.2) is 9.84 Å². The molecule has 1 heterocycles. The van der Waals surface area contributed by atoms with E-state index in [-0.39, 0.29) is 27.8 Å². The van der Waals surface area contributed by atoms with Gasteiger partial charge in [0.2, 0.25) is 5.91 Å². The topological polar surface area (TPSA) is 150 Å². The first kappa shape index (κ1) is 22.8. The highest BCUT2D eigenvalue weighted by Crippen LogP contribution is 2.35. The SMILES string of the molecule is COc1ccc(S(=O)(=O)N(c2cccc(O)c2)[C@H]2CS(=O)(=O)C[C@@H]2O)cc1NC(C)=O. The van der Waals surface area contributed by atoms with Crippen molar-refractivity contribution in [2.45, 2.75) is 24.0 Å². The van der Waals surface area contributed by atoms with Crippen LogP contribution >= 0.6 is 0 Å². The minimum Gasteiger partial charge on any atom is -0.508 e. The van der Waals surface area contributed by atoms with Crippen LogP contribution in [0.4, 0.5) is 11.4 Å². The van der Waals surface area contributed by atoms with E-state index >= 15 is 0 Å². The Labute approximate surface area is 180 Å². The van der Waals surface area contributed by atoms with Crippen LogP contribution in [0.25, 0.3) is 0 Å². The van der Waals surface area contributed by atoms with Crippen molar-refractivity contribution in [2.24, 2.45) is 0 Å². The summed E-state index contributed by atoms with van der Waals surface area (Å²) in [5, 5.41) is 22.7. The van der Waals surface area contributed by atoms with Crippen LogP contribution in [0.15, 0.2) is 47.4 Å². The molecule has 0 aromatic heterocycles. The van der Waals surface area contributed by atoms with Gasteiger partial charge in [-0.25, -0.2) is 16.8 Å². The fourth-order valence-corrected chi connectivity index (χ4v) is 6.98. The number of carbonyl (C=O) groups excluding carboxylic acids is 1. The Balaban J connectivity index is 2.18. The molecule has 2 aromatic carbocycles. The largest absolute Gasteiger partial charge is 0.508 e. The number of sulfonamides is 1. The molecule has 168 valence electrons. The summed E-state index contributed by atoms with van der Waals surface area (Å²) in [6.45, 7) is 1.25. The molecule has 31 heavy (non-hydrogen) atoms. The van der Waals surface area contributed by atoms with Crippen molar-refractivity contribution in [3.63, 3.8) is 0 Å². The number of nitrogens with one attached hydrogen (secondary N) is 1. The lowest BCUT2D eigenvalue weighted by Gasteiger charge is -2.31. The maximum absolute atomic E-state index is 13.6. The first-order valence-electron chi connectivity index (χ1n) is 9.12. The lowest BCUT2D eigenvalue weighted by atomic mass is 10.2. The first-order chi connectivity index (χ1) is 14.4. The highest BCUT2D eigenvalue weighted by Gasteiger charge is 2.45. The van der Waals surface area contributed by atoms with Crippen LogP contribution in [-0.2, 0) is 24.7 Å². The Bertz CT molecular complexity index is 1210. The Morgan fingerprint density at radius 2 is 1.90 bits per heavy atom. The first-order valence-corrected chi connectivity index (χ1v) is 12.4. The third kappa shape index (κ3) is 4.75. The minimum absolute atomic E-state index is 0.0157. The summed E-state index contributed by atoms with van der Waals surface area (Å²) in [5.41, 5.74) is 0.0876. The normalized spacial score (nSPS) is 20.2. The lowest BCUT2D eigenvalue weighted by Crippen LogP contribution is -2.47. The molecule has 2 aromatic rings. The van der Waals surface area contributed by atoms with E-state index < -0.39 is 49.4 Å². The molecule has 1 aliphatic heterocycles. The summed E-state index contributed by atoms with van der Waals surface area (Å²) in [6.07, 6.45) is -1.46. The van der Waals surface area contributed by atoms with Gasteiger partial charge in [0.1, 0.15) is 11.5 Å². The van der Waals surface area contributed by atoms with Gasteiger partial charge in [-0.3, -0.25) is 9.10 Å². The average Bonchev–Trinajstić information content (AvgIpc) is 2.93. The third-order valence-electron chi connectivity index (χ3n) is 4.72. The number of anilines is 2. The zero-order chi connectivity index (χ0) is 23.0. The third-order valence-corrected chi connectivity index (χ3v) is 8.27. The molecule has 12 heteroatoms. The van der Waals surface area contributed by atoms with E-state index in [0.29, 0.717) is 0 Å². The molecule has 0 spiro atoms. The molecule has 1 saturated heterocycles. The highest BCUT2D eigenvalue weighted by molar-refractivity contribution is 7.93. The van der Waals surface area contributed by atoms with Crippen LogP contribution in [0.2, 0.25) is 0 Å². The van der Waals surface area contributed by atoms with E-state index in [4.69, 9.17) is 4.74 Å². The molecular weight excluding hydrogens is 448 g/mol. The van der Waals surface area contributed by atoms with Gasteiger partial charge in [-0.15, -0.1) is 0 Å². The quantitative estimate of drug-likeness (QED) is 0.559. The van der Waals surface area contributed by atoms with Crippen molar-refractivity contribution < 1.29 is 36.6 Å². The van der Waals surface area contributed by atoms with E-state index in [1.165, 1.54) is 50.4 Å². The number of hydrogen-bond donors (Lipinski definition) is 3. The zero-order valence-corrected chi connectivity index (χ0v) is 18.4. The number of aliphatic hydroxyl groups excluding tert-OH is 1. The summed E-state index contributed by atoms with van der Waals surface area (Å²) in [4.78, 5) is 11.2. The fourth-order valence-electron chi connectivity index (χ4n) is 3.42. The van der Waals surface area contributed by atoms with Gasteiger partial charge in [-0.1, -0.05) is 6.07 Å². The van der Waals surface area contributed by atoms with Crippen molar-refractivity contribution >= 4 is 37.1 Å². The maximum Gasteiger partial charge on any atom is 0.264 e. The molecule has 10 nitrogen and oxygen atoms in total. The van der Waals surface area contributed by atoms with Crippen LogP contribution in [0.3, 0.4) is 0 Å². The van der Waals surface area contributed by atoms with Crippen LogP contribution in [-0.4, -0.2) is 63.7 Å². The second kappa shape index (κ2) is 8.36. The number of sulfone groups is 1. The van der Waals surface area contributed by atoms with Crippen LogP contribution in [0.5, 0.6) is 11.5 Å². The number of aromatic hydroxyl groups is 1. The Kier molecular flexibility index (Phi) is 6.16. The van der Waals surface area contributed by atoms with Gasteiger partial charge < -0.3 is 20.3 Å². The van der Waals surface area contributed by atoms with Gasteiger partial charge in [-0.2, -0.15) is 0 Å². The molecule has 1 amide bonds. The molecule has 0 unspecified atom stereocenters. The molecule has 0 radical (unpaired) electrons. The number of phenolic OH excluding ortho intramolecular Hbond substituents is 1. The second-order valence-corrected chi connectivity index (χ2v) is 11.0. The Morgan fingerprint density at radius 3 is 2.45 bits per heavy atom. The van der Waals surface area contributed by atoms with Gasteiger partial charge in [0, 0.05) is 13.0 Å². The predicted octanol–water partition coefficient (Wildman–Crippen LogP) is 0.712. The van der Waals surface area contributed by atoms with E-state index in [2.05, 4.69) is 5.32 Å². The van der Waals surface area contributed by atoms with Crippen molar-refractivity contribution in [1.29, 1.82) is 0 Å². The highest BCUT2D eigenvalue weighted by atomic mass is 32.2. The zero-order valence-electron chi connectivity index (χ0n) is 16.7. The monoisotopic (exact) mass is 470 g/mol. The standard InChI is InChI=1S/C19H22N2O8S2/c1-12(22)20-16-9-15(6-7-19(16)29-2)31(27,28)21(13-4-3-5-14(23)8-13)17-10-30(25,26)11-18(17)24/h3-9,17-18,23-24H,10-11H2,1-2H3,(H,20,22)/t17-,18-/m0/s1. The molecule has 0 saturated carbocycles. The number of carbonyl (C=O) groups is 1. The molecule has 0 bridgehead atoms. The molecule has 0 aliphatic carbocycles. The smallest absolute Gasteiger partial charge is 0.264 e. The second-order valence-electron chi connectivity index (χ2n) is 7.08. The number of ether oxygens (including phenoxy) is 1. The molecule has 3 rings (SSSR count). The van der Waals surface area contributed by atoms with E-state index in [0.717, 1.165) is 10.4 Å². The summed E-state index contributed by atoms with van der Waals surface area (Å²) in [5.74, 6) is -1.63. The lowest BCUT2D eigenvalue weighted by molar-refractivity contribution is -0.114. The van der Waals surface area contributed by atoms with Crippen molar-refractivity contribution in [3.8, 4) is 11.5 Å². The number of amides is 1. The van der Waals surface area contributed by atoms with Gasteiger partial charge in [0.05, 0.1) is 47.0 Å². The van der Waals surface area contributed by atoms with Gasteiger partial charge in [-0.05, 0) is 30.3 Å². The Morgan fingerprint density at radius 1 is 1.19 bits per heavy atom. The molecule has 2 atom stereocenters. The van der Waals surface area contributed by atoms with Crippen molar-refractivity contribution in [3.05, 3.63) is 42.5 Å². The summed E-state index contributed by atoms with van der Waals surface area (Å²) in [7, 11) is -6.76. The van der Waals surface area contributed by atoms with Crippen molar-refractivity contribution in [2.75, 3.05) is 28.2 Å². The van der Waals surface area contributed by atoms with Crippen LogP contribution in [0, 0.1) is 0 Å². The van der Waals surface area contributed by atoms with Gasteiger partial charge >= 0.3 is 0 Å². The molecular formula is C19H22N2O8S2. The Hall–Kier alpha value is -2.83. The average molecular weight is 471 g/mol. The van der Waals surface area contributed by atoms with Gasteiger partial charge in [0.25, 0.3) is 10.0 Å². The summed E-state index contributed by atoms with van der Waals surface area (Å²) in [6, 6.07) is 7.74. The van der Waals surface area contributed by atoms with E-state index in [1.54, 1.807) is 0 Å². The van der Waals surface area contributed by atoms with Crippen molar-refractivity contribution in [1.82, 2.24) is 0 Å². The number of aliphatic hydroxyl groups is 1. The number of nitrogens with zero attached hydrogens (tertiary/aromatic N) is 1.